The fourth-order valence-electron chi connectivity index (χ4n) is 5.16. The highest BCUT2D eigenvalue weighted by Crippen LogP contribution is 2.43. The largest absolute Gasteiger partial charge is 0.465 e. The van der Waals surface area contributed by atoms with Crippen LogP contribution in [0.5, 0.6) is 0 Å². The van der Waals surface area contributed by atoms with Crippen molar-refractivity contribution in [1.29, 1.82) is 0 Å². The van der Waals surface area contributed by atoms with Gasteiger partial charge in [0.2, 0.25) is 0 Å². The fourth-order valence-corrected chi connectivity index (χ4v) is 5.49. The summed E-state index contributed by atoms with van der Waals surface area (Å²) >= 11 is 6.93. The van der Waals surface area contributed by atoms with E-state index in [0.29, 0.717) is 44.7 Å². The molecule has 12 heteroatoms. The number of alkyl halides is 3. The molecule has 0 saturated carbocycles. The Kier molecular flexibility index (Phi) is 6.76. The molecule has 2 aromatic carbocycles. The number of amides is 1. The number of aryl methyl sites for hydroxylation is 2. The number of carboxylic acid groups (broad SMARTS) is 1. The lowest BCUT2D eigenvalue weighted by molar-refractivity contribution is -0.137. The van der Waals surface area contributed by atoms with Gasteiger partial charge >= 0.3 is 12.3 Å². The van der Waals surface area contributed by atoms with Crippen molar-refractivity contribution in [2.24, 2.45) is 13.0 Å². The molecule has 1 atom stereocenters. The van der Waals surface area contributed by atoms with E-state index in [0.717, 1.165) is 17.8 Å². The molecule has 39 heavy (non-hydrogen) atoms. The second kappa shape index (κ2) is 9.80. The maximum Gasteiger partial charge on any atom is 0.416 e. The van der Waals surface area contributed by atoms with Crippen molar-refractivity contribution in [1.82, 2.24) is 24.9 Å². The summed E-state index contributed by atoms with van der Waals surface area (Å²) < 4.78 is 40.5. The van der Waals surface area contributed by atoms with Crippen molar-refractivity contribution in [3.05, 3.63) is 87.3 Å². The van der Waals surface area contributed by atoms with E-state index in [-0.39, 0.29) is 19.5 Å². The smallest absolute Gasteiger partial charge is 0.416 e. The Morgan fingerprint density at radius 1 is 1.13 bits per heavy atom. The highest BCUT2D eigenvalue weighted by atomic mass is 35.5. The summed E-state index contributed by atoms with van der Waals surface area (Å²) in [6.07, 6.45) is -3.20. The topological polar surface area (TPSA) is 104 Å². The number of likely N-dealkylation sites (tertiary alicyclic amines) is 1. The number of carbonyl (C=O) groups is 1. The van der Waals surface area contributed by atoms with Gasteiger partial charge in [-0.05, 0) is 47.4 Å². The average Bonchev–Trinajstić information content (AvgIpc) is 3.30. The van der Waals surface area contributed by atoms with Gasteiger partial charge in [0.1, 0.15) is 5.60 Å². The molecule has 0 radical (unpaired) electrons. The number of aliphatic hydroxyl groups is 1. The average molecular weight is 560 g/mol. The summed E-state index contributed by atoms with van der Waals surface area (Å²) in [4.78, 5) is 17.4. The van der Waals surface area contributed by atoms with Crippen LogP contribution in [0.2, 0.25) is 5.02 Å². The molecule has 0 bridgehead atoms. The molecular weight excluding hydrogens is 535 g/mol. The molecule has 2 aromatic heterocycles. The van der Waals surface area contributed by atoms with Crippen molar-refractivity contribution >= 4 is 28.6 Å². The quantitative estimate of drug-likeness (QED) is 0.343. The minimum absolute atomic E-state index is 0.120. The third kappa shape index (κ3) is 4.70. The molecule has 5 rings (SSSR count). The van der Waals surface area contributed by atoms with Gasteiger partial charge < -0.3 is 15.1 Å². The highest BCUT2D eigenvalue weighted by Gasteiger charge is 2.50. The third-order valence-corrected chi connectivity index (χ3v) is 7.82. The predicted octanol–water partition coefficient (Wildman–Crippen LogP) is 5.03. The maximum absolute atomic E-state index is 13.0. The summed E-state index contributed by atoms with van der Waals surface area (Å²) in [5.74, 6) is -0.462. The number of rotatable bonds is 6. The van der Waals surface area contributed by atoms with Crippen LogP contribution in [0, 0.1) is 5.92 Å². The Balaban J connectivity index is 1.59. The number of fused-ring (bicyclic) bond motifs is 1. The van der Waals surface area contributed by atoms with Crippen LogP contribution in [0.15, 0.2) is 48.7 Å². The number of benzene rings is 2. The number of pyridine rings is 1. The molecule has 8 nitrogen and oxygen atoms in total. The number of nitrogens with zero attached hydrogens (tertiary/aromatic N) is 5. The molecule has 0 spiro atoms. The summed E-state index contributed by atoms with van der Waals surface area (Å²) in [6.45, 7) is 2.16. The lowest BCUT2D eigenvalue weighted by Gasteiger charge is -2.46. The summed E-state index contributed by atoms with van der Waals surface area (Å²) in [5.41, 5.74) is 1.20. The highest BCUT2D eigenvalue weighted by molar-refractivity contribution is 6.36. The van der Waals surface area contributed by atoms with Gasteiger partial charge in [0.15, 0.2) is 0 Å². The number of aromatic nitrogens is 4. The van der Waals surface area contributed by atoms with Gasteiger partial charge in [0.25, 0.3) is 0 Å². The van der Waals surface area contributed by atoms with Crippen molar-refractivity contribution in [3.63, 3.8) is 0 Å². The Morgan fingerprint density at radius 2 is 1.79 bits per heavy atom. The number of hydrogen-bond acceptors (Lipinski definition) is 5. The van der Waals surface area contributed by atoms with E-state index in [2.05, 4.69) is 10.3 Å². The number of hydrogen-bond donors (Lipinski definition) is 2. The van der Waals surface area contributed by atoms with Gasteiger partial charge in [-0.2, -0.15) is 13.2 Å². The molecule has 4 aromatic rings. The molecule has 2 N–H and O–H groups in total. The summed E-state index contributed by atoms with van der Waals surface area (Å²) in [6, 6.07) is 10.2. The third-order valence-electron chi connectivity index (χ3n) is 7.39. The molecule has 1 fully saturated rings. The standard InChI is InChI=1S/C27H25ClF3N5O3/c1-3-21-19(10-15-4-6-16(7-5-15)27(29,30)31)24(28)20-11-17(8-9-22(20)33-21)26(39,23-12-32-34-35(23)2)18-13-36(14-18)25(37)38/h4-9,11-12,18,39H,3,10,13-14H2,1-2H3,(H,37,38). The van der Waals surface area contributed by atoms with Crippen LogP contribution in [0.1, 0.15) is 40.6 Å². The second-order valence-corrected chi connectivity index (χ2v) is 10.1. The lowest BCUT2D eigenvalue weighted by Crippen LogP contribution is -2.58. The van der Waals surface area contributed by atoms with E-state index in [1.165, 1.54) is 27.9 Å². The zero-order chi connectivity index (χ0) is 28.1. The van der Waals surface area contributed by atoms with Gasteiger partial charge in [-0.15, -0.1) is 5.10 Å². The van der Waals surface area contributed by atoms with E-state index in [1.807, 2.05) is 6.92 Å². The van der Waals surface area contributed by atoms with Crippen molar-refractivity contribution in [2.75, 3.05) is 13.1 Å². The zero-order valence-electron chi connectivity index (χ0n) is 21.1. The summed E-state index contributed by atoms with van der Waals surface area (Å²) in [7, 11) is 1.65. The van der Waals surface area contributed by atoms with E-state index in [4.69, 9.17) is 16.6 Å². The second-order valence-electron chi connectivity index (χ2n) is 9.70. The molecule has 3 heterocycles. The van der Waals surface area contributed by atoms with Crippen molar-refractivity contribution < 1.29 is 28.2 Å². The van der Waals surface area contributed by atoms with Gasteiger partial charge in [-0.3, -0.25) is 4.98 Å². The Bertz CT molecular complexity index is 1550. The molecule has 1 saturated heterocycles. The van der Waals surface area contributed by atoms with Crippen LogP contribution in [0.3, 0.4) is 0 Å². The Morgan fingerprint density at radius 3 is 2.36 bits per heavy atom. The minimum Gasteiger partial charge on any atom is -0.465 e. The first kappa shape index (κ1) is 26.9. The van der Waals surface area contributed by atoms with Crippen LogP contribution in [-0.2, 0) is 31.7 Å². The van der Waals surface area contributed by atoms with Crippen LogP contribution >= 0.6 is 11.6 Å². The molecule has 0 aliphatic carbocycles. The van der Waals surface area contributed by atoms with Crippen LogP contribution < -0.4 is 0 Å². The Labute approximate surface area is 226 Å². The normalized spacial score (nSPS) is 15.8. The van der Waals surface area contributed by atoms with Gasteiger partial charge in [-0.1, -0.05) is 41.9 Å². The molecule has 1 amide bonds. The van der Waals surface area contributed by atoms with Crippen molar-refractivity contribution in [2.45, 2.75) is 31.5 Å². The van der Waals surface area contributed by atoms with Gasteiger partial charge in [0.05, 0.1) is 28.0 Å². The predicted molar refractivity (Wildman–Crippen MR) is 137 cm³/mol. The van der Waals surface area contributed by atoms with Crippen LogP contribution in [-0.4, -0.2) is 54.3 Å². The van der Waals surface area contributed by atoms with E-state index in [9.17, 15) is 28.2 Å². The molecule has 1 aliphatic rings. The fraction of sp³-hybridized carbons (Fsp3) is 0.333. The zero-order valence-corrected chi connectivity index (χ0v) is 21.8. The van der Waals surface area contributed by atoms with Crippen molar-refractivity contribution in [3.8, 4) is 0 Å². The monoisotopic (exact) mass is 559 g/mol. The first-order chi connectivity index (χ1) is 18.4. The first-order valence-electron chi connectivity index (χ1n) is 12.3. The lowest BCUT2D eigenvalue weighted by atomic mass is 9.74. The minimum atomic E-state index is -4.42. The van der Waals surface area contributed by atoms with Gasteiger partial charge in [-0.25, -0.2) is 9.48 Å². The SMILES string of the molecule is CCc1nc2ccc(C(O)(c3cnnn3C)C3CN(C(=O)O)C3)cc2c(Cl)c1Cc1ccc(C(F)(F)F)cc1. The maximum atomic E-state index is 13.0. The first-order valence-corrected chi connectivity index (χ1v) is 12.6. The van der Waals surface area contributed by atoms with Crippen LogP contribution in [0.25, 0.3) is 10.9 Å². The van der Waals surface area contributed by atoms with E-state index < -0.39 is 29.4 Å². The van der Waals surface area contributed by atoms with Gasteiger partial charge in [0, 0.05) is 43.6 Å². The molecule has 1 aliphatic heterocycles. The molecule has 1 unspecified atom stereocenters. The van der Waals surface area contributed by atoms with E-state index >= 15 is 0 Å². The van der Waals surface area contributed by atoms with E-state index in [1.54, 1.807) is 25.2 Å². The Hall–Kier alpha value is -3.70. The molecule has 204 valence electrons. The number of halogens is 4. The van der Waals surface area contributed by atoms with Crippen LogP contribution in [0.4, 0.5) is 18.0 Å². The summed E-state index contributed by atoms with van der Waals surface area (Å²) in [5, 5.41) is 30.3. The molecular formula is C27H25ClF3N5O3.